The highest BCUT2D eigenvalue weighted by Gasteiger charge is 2.31. The molecule has 1 saturated heterocycles. The van der Waals surface area contributed by atoms with Crippen molar-refractivity contribution >= 4 is 11.6 Å². The fourth-order valence-electron chi connectivity index (χ4n) is 3.31. The molecule has 2 heterocycles. The second-order valence-corrected chi connectivity index (χ2v) is 6.55. The summed E-state index contributed by atoms with van der Waals surface area (Å²) in [6, 6.07) is 7.69. The second kappa shape index (κ2) is 7.55. The van der Waals surface area contributed by atoms with Crippen molar-refractivity contribution in [2.75, 3.05) is 38.2 Å². The lowest BCUT2D eigenvalue weighted by molar-refractivity contribution is -0.136. The molecule has 0 bridgehead atoms. The molecule has 0 N–H and O–H groups in total. The number of ether oxygens (including phenoxy) is 1. The van der Waals surface area contributed by atoms with Crippen LogP contribution in [0, 0.1) is 5.92 Å². The van der Waals surface area contributed by atoms with E-state index in [4.69, 9.17) is 4.74 Å². The van der Waals surface area contributed by atoms with Gasteiger partial charge in [-0.05, 0) is 18.1 Å². The Morgan fingerprint density at radius 2 is 1.88 bits per heavy atom. The molecule has 1 aromatic carbocycles. The number of piperazine rings is 1. The van der Waals surface area contributed by atoms with Crippen LogP contribution >= 0.6 is 0 Å². The van der Waals surface area contributed by atoms with E-state index in [1.54, 1.807) is 18.1 Å². The number of amides is 1. The van der Waals surface area contributed by atoms with Gasteiger partial charge in [-0.3, -0.25) is 4.79 Å². The maximum atomic E-state index is 13.0. The maximum Gasteiger partial charge on any atom is 0.247 e. The summed E-state index contributed by atoms with van der Waals surface area (Å²) in [4.78, 5) is 21.2. The molecule has 1 amide bonds. The second-order valence-electron chi connectivity index (χ2n) is 6.55. The van der Waals surface area contributed by atoms with Gasteiger partial charge in [0.15, 0.2) is 0 Å². The molecule has 7 nitrogen and oxygen atoms in total. The molecule has 1 atom stereocenters. The molecule has 0 spiro atoms. The van der Waals surface area contributed by atoms with Gasteiger partial charge in [0.05, 0.1) is 12.8 Å². The number of carbonyl (C=O) groups excluding carboxylic acids is 1. The standard InChI is InChI=1S/C18H25N5O2/c1-14(2)17(23-13-19-12-20-23)18(24)22-10-8-21(9-11-22)15-6-4-5-7-16(15)25-3/h4-7,12-14,17H,8-11H2,1-3H3/t17-/m0/s1. The van der Waals surface area contributed by atoms with E-state index in [1.807, 2.05) is 36.9 Å². The number of rotatable bonds is 5. The van der Waals surface area contributed by atoms with Crippen LogP contribution in [0.4, 0.5) is 5.69 Å². The van der Waals surface area contributed by atoms with Crippen LogP contribution < -0.4 is 9.64 Å². The minimum Gasteiger partial charge on any atom is -0.495 e. The van der Waals surface area contributed by atoms with Crippen LogP contribution in [0.2, 0.25) is 0 Å². The molecule has 0 radical (unpaired) electrons. The predicted molar refractivity (Wildman–Crippen MR) is 95.7 cm³/mol. The third-order valence-electron chi connectivity index (χ3n) is 4.62. The number of anilines is 1. The van der Waals surface area contributed by atoms with Crippen LogP contribution in [0.3, 0.4) is 0 Å². The molecule has 25 heavy (non-hydrogen) atoms. The minimum atomic E-state index is -0.305. The van der Waals surface area contributed by atoms with Gasteiger partial charge < -0.3 is 14.5 Å². The van der Waals surface area contributed by atoms with Gasteiger partial charge in [-0.15, -0.1) is 0 Å². The van der Waals surface area contributed by atoms with Crippen molar-refractivity contribution in [2.24, 2.45) is 5.92 Å². The minimum absolute atomic E-state index is 0.111. The first kappa shape index (κ1) is 17.3. The molecule has 1 aliphatic heterocycles. The van der Waals surface area contributed by atoms with Gasteiger partial charge in [-0.25, -0.2) is 9.67 Å². The van der Waals surface area contributed by atoms with Gasteiger partial charge in [0.1, 0.15) is 24.4 Å². The summed E-state index contributed by atoms with van der Waals surface area (Å²) in [5.74, 6) is 1.13. The van der Waals surface area contributed by atoms with E-state index in [0.29, 0.717) is 13.1 Å². The number of aromatic nitrogens is 3. The smallest absolute Gasteiger partial charge is 0.247 e. The monoisotopic (exact) mass is 343 g/mol. The highest BCUT2D eigenvalue weighted by molar-refractivity contribution is 5.81. The van der Waals surface area contributed by atoms with Gasteiger partial charge in [0.2, 0.25) is 5.91 Å². The largest absolute Gasteiger partial charge is 0.495 e. The maximum absolute atomic E-state index is 13.0. The third kappa shape index (κ3) is 3.60. The molecule has 1 fully saturated rings. The molecule has 3 rings (SSSR count). The van der Waals surface area contributed by atoms with Gasteiger partial charge in [-0.1, -0.05) is 26.0 Å². The Morgan fingerprint density at radius 1 is 1.16 bits per heavy atom. The third-order valence-corrected chi connectivity index (χ3v) is 4.62. The average Bonchev–Trinajstić information content (AvgIpc) is 3.15. The number of hydrogen-bond acceptors (Lipinski definition) is 5. The van der Waals surface area contributed by atoms with Crippen molar-refractivity contribution in [3.63, 3.8) is 0 Å². The first-order chi connectivity index (χ1) is 12.1. The SMILES string of the molecule is COc1ccccc1N1CCN(C(=O)[C@H](C(C)C)n2cncn2)CC1. The van der Waals surface area contributed by atoms with Crippen molar-refractivity contribution in [1.29, 1.82) is 0 Å². The van der Waals surface area contributed by atoms with Crippen LogP contribution in [0.1, 0.15) is 19.9 Å². The van der Waals surface area contributed by atoms with Gasteiger partial charge in [0, 0.05) is 26.2 Å². The van der Waals surface area contributed by atoms with Crippen molar-refractivity contribution in [3.8, 4) is 5.75 Å². The van der Waals surface area contributed by atoms with E-state index in [9.17, 15) is 4.79 Å². The number of benzene rings is 1. The van der Waals surface area contributed by atoms with E-state index < -0.39 is 0 Å². The number of nitrogens with zero attached hydrogens (tertiary/aromatic N) is 5. The lowest BCUT2D eigenvalue weighted by Gasteiger charge is -2.38. The Kier molecular flexibility index (Phi) is 5.21. The molecule has 0 unspecified atom stereocenters. The summed E-state index contributed by atoms with van der Waals surface area (Å²) in [6.45, 7) is 7.02. The Balaban J connectivity index is 1.68. The van der Waals surface area contributed by atoms with Crippen LogP contribution in [0.25, 0.3) is 0 Å². The molecule has 1 aliphatic rings. The van der Waals surface area contributed by atoms with Crippen LogP contribution in [-0.4, -0.2) is 58.9 Å². The first-order valence-corrected chi connectivity index (χ1v) is 8.62. The zero-order chi connectivity index (χ0) is 17.8. The Morgan fingerprint density at radius 3 is 2.48 bits per heavy atom. The zero-order valence-corrected chi connectivity index (χ0v) is 15.0. The molecule has 0 saturated carbocycles. The lowest BCUT2D eigenvalue weighted by atomic mass is 10.0. The molecule has 0 aliphatic carbocycles. The number of carbonyl (C=O) groups is 1. The molecule has 7 heteroatoms. The summed E-state index contributed by atoms with van der Waals surface area (Å²) in [6.07, 6.45) is 3.09. The van der Waals surface area contributed by atoms with E-state index in [1.165, 1.54) is 6.33 Å². The van der Waals surface area contributed by atoms with E-state index in [0.717, 1.165) is 24.5 Å². The van der Waals surface area contributed by atoms with Crippen molar-refractivity contribution in [2.45, 2.75) is 19.9 Å². The van der Waals surface area contributed by atoms with Crippen LogP contribution in [-0.2, 0) is 4.79 Å². The Labute approximate surface area is 148 Å². The molecule has 1 aromatic heterocycles. The Bertz CT molecular complexity index is 693. The van der Waals surface area contributed by atoms with Crippen molar-refractivity contribution in [1.82, 2.24) is 19.7 Å². The summed E-state index contributed by atoms with van der Waals surface area (Å²) >= 11 is 0. The first-order valence-electron chi connectivity index (χ1n) is 8.62. The van der Waals surface area contributed by atoms with Crippen LogP contribution in [0.15, 0.2) is 36.9 Å². The number of para-hydroxylation sites is 2. The van der Waals surface area contributed by atoms with Gasteiger partial charge in [0.25, 0.3) is 0 Å². The summed E-state index contributed by atoms with van der Waals surface area (Å²) in [7, 11) is 1.68. The van der Waals surface area contributed by atoms with E-state index >= 15 is 0 Å². The lowest BCUT2D eigenvalue weighted by Crippen LogP contribution is -2.51. The quantitative estimate of drug-likeness (QED) is 0.829. The Hall–Kier alpha value is -2.57. The molecular formula is C18H25N5O2. The number of methoxy groups -OCH3 is 1. The molecular weight excluding hydrogens is 318 g/mol. The van der Waals surface area contributed by atoms with E-state index in [2.05, 4.69) is 21.0 Å². The highest BCUT2D eigenvalue weighted by Crippen LogP contribution is 2.29. The number of hydrogen-bond donors (Lipinski definition) is 0. The van der Waals surface area contributed by atoms with Crippen molar-refractivity contribution < 1.29 is 9.53 Å². The fraction of sp³-hybridized carbons (Fsp3) is 0.500. The zero-order valence-electron chi connectivity index (χ0n) is 15.0. The fourth-order valence-corrected chi connectivity index (χ4v) is 3.31. The van der Waals surface area contributed by atoms with Crippen LogP contribution in [0.5, 0.6) is 5.75 Å². The normalized spacial score (nSPS) is 16.2. The topological polar surface area (TPSA) is 63.5 Å². The summed E-state index contributed by atoms with van der Waals surface area (Å²) < 4.78 is 7.12. The molecule has 2 aromatic rings. The summed E-state index contributed by atoms with van der Waals surface area (Å²) in [5.41, 5.74) is 1.08. The van der Waals surface area contributed by atoms with E-state index in [-0.39, 0.29) is 17.9 Å². The van der Waals surface area contributed by atoms with Gasteiger partial charge >= 0.3 is 0 Å². The van der Waals surface area contributed by atoms with Crippen molar-refractivity contribution in [3.05, 3.63) is 36.9 Å². The average molecular weight is 343 g/mol. The molecule has 134 valence electrons. The van der Waals surface area contributed by atoms with Gasteiger partial charge in [-0.2, -0.15) is 5.10 Å². The summed E-state index contributed by atoms with van der Waals surface area (Å²) in [5, 5.41) is 4.17. The predicted octanol–water partition coefficient (Wildman–Crippen LogP) is 1.83. The highest BCUT2D eigenvalue weighted by atomic mass is 16.5.